The van der Waals surface area contributed by atoms with Crippen LogP contribution in [0.15, 0.2) is 152 Å². The molecule has 46 heavy (non-hydrogen) atoms. The second-order valence-corrected chi connectivity index (χ2v) is 13.2. The number of nitrogens with zero attached hydrogens (tertiary/aromatic N) is 3. The molecule has 0 N–H and O–H groups in total. The van der Waals surface area contributed by atoms with Crippen molar-refractivity contribution in [1.82, 2.24) is 9.13 Å². The van der Waals surface area contributed by atoms with Crippen LogP contribution in [0.4, 0.5) is 17.1 Å². The molecule has 1 aliphatic heterocycles. The third-order valence-electron chi connectivity index (χ3n) is 9.81. The third kappa shape index (κ3) is 3.06. The van der Waals surface area contributed by atoms with E-state index in [2.05, 4.69) is 166 Å². The molecule has 0 spiro atoms. The summed E-state index contributed by atoms with van der Waals surface area (Å²) in [5.74, 6) is 0. The zero-order valence-electron chi connectivity index (χ0n) is 24.7. The molecule has 1 aliphatic rings. The fourth-order valence-corrected chi connectivity index (χ4v) is 9.21. The van der Waals surface area contributed by atoms with Gasteiger partial charge >= 0.3 is 0 Å². The van der Waals surface area contributed by atoms with Crippen LogP contribution in [0.25, 0.3) is 75.2 Å². The average Bonchev–Trinajstić information content (AvgIpc) is 3.77. The summed E-state index contributed by atoms with van der Waals surface area (Å²) in [4.78, 5) is 2.47. The Hall–Kier alpha value is -5.84. The van der Waals surface area contributed by atoms with Crippen LogP contribution in [-0.2, 0) is 0 Å². The van der Waals surface area contributed by atoms with Crippen LogP contribution < -0.4 is 4.90 Å². The fraction of sp³-hybridized carbons (Fsp3) is 0. The highest BCUT2D eigenvalue weighted by molar-refractivity contribution is 7.26. The number of aromatic nitrogens is 2. The minimum Gasteiger partial charge on any atom is -0.309 e. The summed E-state index contributed by atoms with van der Waals surface area (Å²) >= 11 is 1.91. The Balaban J connectivity index is 1.23. The first-order valence-electron chi connectivity index (χ1n) is 15.7. The molecule has 0 atom stereocenters. The lowest BCUT2D eigenvalue weighted by Crippen LogP contribution is -2.18. The number of fused-ring (bicyclic) bond motifs is 12. The fourth-order valence-electron chi connectivity index (χ4n) is 7.95. The maximum absolute atomic E-state index is 2.50. The van der Waals surface area contributed by atoms with E-state index in [1.54, 1.807) is 0 Å². The standard InChI is InChI=1S/C42H25N3S/c1-2-11-26(12-3-1)43-33-16-6-4-13-28(33)32-25-27(21-23-34(32)43)44-35-17-7-8-18-36(35)45-37-24-22-30-29-14-5-9-20-39(29)46-42(30)40(37)31-15-10-19-38(44)41(31)45/h1-25H. The molecule has 0 saturated heterocycles. The normalized spacial score (nSPS) is 12.7. The van der Waals surface area contributed by atoms with Gasteiger partial charge < -0.3 is 14.0 Å². The van der Waals surface area contributed by atoms with Gasteiger partial charge in [0.05, 0.1) is 39.1 Å². The molecule has 7 aromatic carbocycles. The summed E-state index contributed by atoms with van der Waals surface area (Å²) < 4.78 is 7.57. The molecule has 10 aromatic rings. The molecule has 0 aliphatic carbocycles. The minimum atomic E-state index is 1.16. The number of rotatable bonds is 2. The van der Waals surface area contributed by atoms with Crippen molar-refractivity contribution in [2.75, 3.05) is 4.90 Å². The van der Waals surface area contributed by atoms with Crippen molar-refractivity contribution in [2.24, 2.45) is 0 Å². The lowest BCUT2D eigenvalue weighted by Gasteiger charge is -2.33. The van der Waals surface area contributed by atoms with Crippen molar-refractivity contribution in [3.05, 3.63) is 152 Å². The first-order valence-corrected chi connectivity index (χ1v) is 16.5. The van der Waals surface area contributed by atoms with Crippen molar-refractivity contribution in [3.8, 4) is 11.4 Å². The lowest BCUT2D eigenvalue weighted by atomic mass is 10.1. The summed E-state index contributed by atoms with van der Waals surface area (Å²) in [7, 11) is 0. The van der Waals surface area contributed by atoms with E-state index in [4.69, 9.17) is 0 Å². The molecule has 4 heteroatoms. The van der Waals surface area contributed by atoms with E-state index in [9.17, 15) is 0 Å². The number of anilines is 3. The maximum Gasteiger partial charge on any atom is 0.0783 e. The summed E-state index contributed by atoms with van der Waals surface area (Å²) in [6.45, 7) is 0. The lowest BCUT2D eigenvalue weighted by molar-refractivity contribution is 1.11. The van der Waals surface area contributed by atoms with E-state index in [0.717, 1.165) is 5.69 Å². The van der Waals surface area contributed by atoms with Gasteiger partial charge in [0.25, 0.3) is 0 Å². The van der Waals surface area contributed by atoms with Crippen LogP contribution in [0.5, 0.6) is 0 Å². The molecular formula is C42H25N3S. The number of benzene rings is 7. The number of hydrogen-bond acceptors (Lipinski definition) is 2. The van der Waals surface area contributed by atoms with Crippen LogP contribution in [0.3, 0.4) is 0 Å². The third-order valence-corrected chi connectivity index (χ3v) is 11.0. The maximum atomic E-state index is 2.50. The predicted octanol–water partition coefficient (Wildman–Crippen LogP) is 12.0. The quantitative estimate of drug-likeness (QED) is 0.192. The summed E-state index contributed by atoms with van der Waals surface area (Å²) in [5.41, 5.74) is 10.9. The van der Waals surface area contributed by atoms with Gasteiger partial charge in [0, 0.05) is 53.1 Å². The summed E-state index contributed by atoms with van der Waals surface area (Å²) in [5, 5.41) is 7.82. The molecule has 0 bridgehead atoms. The van der Waals surface area contributed by atoms with Crippen LogP contribution in [0, 0.1) is 0 Å². The summed E-state index contributed by atoms with van der Waals surface area (Å²) in [6.07, 6.45) is 0. The van der Waals surface area contributed by atoms with Gasteiger partial charge in [-0.25, -0.2) is 0 Å². The molecule has 0 saturated carbocycles. The monoisotopic (exact) mass is 603 g/mol. The van der Waals surface area contributed by atoms with E-state index in [-0.39, 0.29) is 0 Å². The predicted molar refractivity (Wildman–Crippen MR) is 196 cm³/mol. The van der Waals surface area contributed by atoms with Gasteiger partial charge in [-0.05, 0) is 66.7 Å². The van der Waals surface area contributed by atoms with Gasteiger partial charge in [-0.15, -0.1) is 11.3 Å². The van der Waals surface area contributed by atoms with E-state index >= 15 is 0 Å². The second kappa shape index (κ2) is 8.87. The highest BCUT2D eigenvalue weighted by Gasteiger charge is 2.29. The number of para-hydroxylation sites is 5. The molecule has 0 amide bonds. The topological polar surface area (TPSA) is 13.1 Å². The summed E-state index contributed by atoms with van der Waals surface area (Å²) in [6, 6.07) is 55.5. The van der Waals surface area contributed by atoms with Crippen LogP contribution >= 0.6 is 11.3 Å². The van der Waals surface area contributed by atoms with Crippen molar-refractivity contribution >= 4 is 92.2 Å². The van der Waals surface area contributed by atoms with E-state index in [0.29, 0.717) is 0 Å². The van der Waals surface area contributed by atoms with Crippen molar-refractivity contribution in [2.45, 2.75) is 0 Å². The minimum absolute atomic E-state index is 1.16. The molecule has 0 fully saturated rings. The molecular weight excluding hydrogens is 579 g/mol. The Labute approximate surface area is 268 Å². The zero-order valence-corrected chi connectivity index (χ0v) is 25.5. The molecule has 0 unspecified atom stereocenters. The Kier molecular flexibility index (Phi) is 4.72. The Morgan fingerprint density at radius 2 is 1.09 bits per heavy atom. The van der Waals surface area contributed by atoms with Crippen molar-refractivity contribution < 1.29 is 0 Å². The van der Waals surface area contributed by atoms with Crippen molar-refractivity contribution in [3.63, 3.8) is 0 Å². The zero-order chi connectivity index (χ0) is 29.9. The molecule has 11 rings (SSSR count). The SMILES string of the molecule is c1ccc(-n2c3ccccc3c3cc(N4c5ccccc5-n5c6ccc7c8ccccc8sc7c6c6cccc4c65)ccc32)cc1. The Morgan fingerprint density at radius 1 is 0.391 bits per heavy atom. The highest BCUT2D eigenvalue weighted by atomic mass is 32.1. The average molecular weight is 604 g/mol. The van der Waals surface area contributed by atoms with Crippen molar-refractivity contribution in [1.29, 1.82) is 0 Å². The van der Waals surface area contributed by atoms with Crippen LogP contribution in [0.1, 0.15) is 0 Å². The van der Waals surface area contributed by atoms with Gasteiger partial charge in [-0.3, -0.25) is 0 Å². The van der Waals surface area contributed by atoms with E-state index in [1.807, 2.05) is 11.3 Å². The van der Waals surface area contributed by atoms with Gasteiger partial charge in [0.15, 0.2) is 0 Å². The first kappa shape index (κ1) is 24.5. The Bertz CT molecular complexity index is 2870. The van der Waals surface area contributed by atoms with Crippen LogP contribution in [-0.4, -0.2) is 9.13 Å². The van der Waals surface area contributed by atoms with E-state index in [1.165, 1.54) is 86.5 Å². The molecule has 0 radical (unpaired) electrons. The highest BCUT2D eigenvalue weighted by Crippen LogP contribution is 2.52. The smallest absolute Gasteiger partial charge is 0.0783 e. The van der Waals surface area contributed by atoms with E-state index < -0.39 is 0 Å². The van der Waals surface area contributed by atoms with Crippen LogP contribution in [0.2, 0.25) is 0 Å². The van der Waals surface area contributed by atoms with Gasteiger partial charge in [-0.1, -0.05) is 84.9 Å². The second-order valence-electron chi connectivity index (χ2n) is 12.2. The largest absolute Gasteiger partial charge is 0.309 e. The van der Waals surface area contributed by atoms with Gasteiger partial charge in [0.1, 0.15) is 0 Å². The molecule has 4 heterocycles. The number of hydrogen-bond donors (Lipinski definition) is 0. The van der Waals surface area contributed by atoms with Gasteiger partial charge in [0.2, 0.25) is 0 Å². The molecule has 214 valence electrons. The molecule has 3 nitrogen and oxygen atoms in total. The first-order chi connectivity index (χ1) is 22.8. The van der Waals surface area contributed by atoms with Gasteiger partial charge in [-0.2, -0.15) is 0 Å². The Morgan fingerprint density at radius 3 is 2.00 bits per heavy atom. The molecule has 3 aromatic heterocycles. The number of thiophene rings is 1.